The lowest BCUT2D eigenvalue weighted by atomic mass is 10.2. The van der Waals surface area contributed by atoms with E-state index in [-0.39, 0.29) is 24.0 Å². The van der Waals surface area contributed by atoms with Crippen LogP contribution in [0.3, 0.4) is 0 Å². The highest BCUT2D eigenvalue weighted by molar-refractivity contribution is 5.97. The second kappa shape index (κ2) is 6.89. The van der Waals surface area contributed by atoms with Gasteiger partial charge in [-0.05, 0) is 25.0 Å². The van der Waals surface area contributed by atoms with E-state index in [2.05, 4.69) is 10.6 Å². The van der Waals surface area contributed by atoms with E-state index < -0.39 is 0 Å². The number of anilines is 1. The molecule has 6 heteroatoms. The highest BCUT2D eigenvalue weighted by Gasteiger charge is 2.32. The summed E-state index contributed by atoms with van der Waals surface area (Å²) in [6.45, 7) is 0.490. The van der Waals surface area contributed by atoms with Crippen molar-refractivity contribution in [2.45, 2.75) is 44.2 Å². The quantitative estimate of drug-likeness (QED) is 0.893. The molecule has 124 valence electrons. The maximum atomic E-state index is 12.2. The summed E-state index contributed by atoms with van der Waals surface area (Å²) in [6.07, 6.45) is 4.78. The molecule has 2 fully saturated rings. The molecule has 2 N–H and O–H groups in total. The smallest absolute Gasteiger partial charge is 0.315 e. The molecule has 6 nitrogen and oxygen atoms in total. The summed E-state index contributed by atoms with van der Waals surface area (Å²) in [6, 6.07) is 7.36. The lowest BCUT2D eigenvalue weighted by molar-refractivity contribution is -0.117. The molecule has 1 aliphatic carbocycles. The van der Waals surface area contributed by atoms with Gasteiger partial charge < -0.3 is 20.3 Å². The van der Waals surface area contributed by atoms with Crippen LogP contribution in [0.4, 0.5) is 10.5 Å². The summed E-state index contributed by atoms with van der Waals surface area (Å²) in [5.74, 6) is 0.732. The van der Waals surface area contributed by atoms with Crippen molar-refractivity contribution in [1.82, 2.24) is 10.6 Å². The number of amides is 3. The minimum atomic E-state index is -0.165. The number of nitrogens with zero attached hydrogens (tertiary/aromatic N) is 1. The number of carbonyl (C=O) groups is 2. The highest BCUT2D eigenvalue weighted by Crippen LogP contribution is 2.25. The van der Waals surface area contributed by atoms with E-state index >= 15 is 0 Å². The Morgan fingerprint density at radius 1 is 1.22 bits per heavy atom. The number of nitrogens with one attached hydrogen (secondary N) is 2. The standard InChI is InChI=1S/C17H23N3O3/c1-23-15-8-4-7-14(10-15)20-11-13(9-16(20)21)19-17(22)18-12-5-2-3-6-12/h4,7-8,10,12-13H,2-3,5-6,9,11H2,1H3,(H2,18,19,22). The highest BCUT2D eigenvalue weighted by atomic mass is 16.5. The predicted molar refractivity (Wildman–Crippen MR) is 87.7 cm³/mol. The molecule has 0 spiro atoms. The van der Waals surface area contributed by atoms with Gasteiger partial charge >= 0.3 is 6.03 Å². The topological polar surface area (TPSA) is 70.7 Å². The van der Waals surface area contributed by atoms with Crippen LogP contribution in [0.1, 0.15) is 32.1 Å². The molecule has 3 amide bonds. The first kappa shape index (κ1) is 15.6. The van der Waals surface area contributed by atoms with Gasteiger partial charge in [-0.3, -0.25) is 4.79 Å². The number of carbonyl (C=O) groups excluding carboxylic acids is 2. The van der Waals surface area contributed by atoms with E-state index in [0.717, 1.165) is 18.5 Å². The van der Waals surface area contributed by atoms with E-state index in [9.17, 15) is 9.59 Å². The van der Waals surface area contributed by atoms with Gasteiger partial charge in [0.15, 0.2) is 0 Å². The van der Waals surface area contributed by atoms with Crippen molar-refractivity contribution in [3.63, 3.8) is 0 Å². The van der Waals surface area contributed by atoms with Gasteiger partial charge in [-0.25, -0.2) is 4.79 Å². The normalized spacial score (nSPS) is 21.5. The molecular formula is C17H23N3O3. The number of urea groups is 1. The number of methoxy groups -OCH3 is 1. The molecule has 1 atom stereocenters. The largest absolute Gasteiger partial charge is 0.497 e. The Morgan fingerprint density at radius 2 is 1.96 bits per heavy atom. The summed E-state index contributed by atoms with van der Waals surface area (Å²) in [4.78, 5) is 26.0. The predicted octanol–water partition coefficient (Wildman–Crippen LogP) is 2.04. The second-order valence-corrected chi connectivity index (χ2v) is 6.21. The van der Waals surface area contributed by atoms with Crippen molar-refractivity contribution in [3.05, 3.63) is 24.3 Å². The van der Waals surface area contributed by atoms with Gasteiger partial charge in [-0.15, -0.1) is 0 Å². The molecule has 1 saturated carbocycles. The average molecular weight is 317 g/mol. The third-order valence-corrected chi connectivity index (χ3v) is 4.52. The molecule has 2 aliphatic rings. The molecule has 0 bridgehead atoms. The summed E-state index contributed by atoms with van der Waals surface area (Å²) in [7, 11) is 1.60. The lowest BCUT2D eigenvalue weighted by Gasteiger charge is -2.19. The van der Waals surface area contributed by atoms with E-state index in [1.165, 1.54) is 12.8 Å². The van der Waals surface area contributed by atoms with Crippen LogP contribution in [0.2, 0.25) is 0 Å². The van der Waals surface area contributed by atoms with Gasteiger partial charge in [0.05, 0.1) is 13.2 Å². The van der Waals surface area contributed by atoms with E-state index in [0.29, 0.717) is 18.7 Å². The van der Waals surface area contributed by atoms with E-state index in [1.54, 1.807) is 12.0 Å². The zero-order valence-electron chi connectivity index (χ0n) is 13.4. The van der Waals surface area contributed by atoms with Crippen molar-refractivity contribution < 1.29 is 14.3 Å². The van der Waals surface area contributed by atoms with Crippen LogP contribution in [-0.4, -0.2) is 37.7 Å². The Bertz CT molecular complexity index is 584. The molecule has 1 aliphatic heterocycles. The SMILES string of the molecule is COc1cccc(N2CC(NC(=O)NC3CCCC3)CC2=O)c1. The Kier molecular flexibility index (Phi) is 4.69. The first-order valence-corrected chi connectivity index (χ1v) is 8.17. The number of benzene rings is 1. The number of ether oxygens (including phenoxy) is 1. The van der Waals surface area contributed by atoms with Gasteiger partial charge in [0.2, 0.25) is 5.91 Å². The van der Waals surface area contributed by atoms with E-state index in [1.807, 2.05) is 24.3 Å². The van der Waals surface area contributed by atoms with Crippen molar-refractivity contribution in [3.8, 4) is 5.75 Å². The molecule has 1 unspecified atom stereocenters. The van der Waals surface area contributed by atoms with Crippen LogP contribution in [0.25, 0.3) is 0 Å². The van der Waals surface area contributed by atoms with E-state index in [4.69, 9.17) is 4.74 Å². The van der Waals surface area contributed by atoms with Gasteiger partial charge in [0.25, 0.3) is 0 Å². The van der Waals surface area contributed by atoms with Gasteiger partial charge in [-0.1, -0.05) is 18.9 Å². The maximum Gasteiger partial charge on any atom is 0.315 e. The van der Waals surface area contributed by atoms with Crippen LogP contribution >= 0.6 is 0 Å². The number of rotatable bonds is 4. The first-order valence-electron chi connectivity index (χ1n) is 8.17. The third-order valence-electron chi connectivity index (χ3n) is 4.52. The molecular weight excluding hydrogens is 294 g/mol. The van der Waals surface area contributed by atoms with Gasteiger partial charge in [0, 0.05) is 30.8 Å². The van der Waals surface area contributed by atoms with Crippen LogP contribution in [-0.2, 0) is 4.79 Å². The summed E-state index contributed by atoms with van der Waals surface area (Å²) >= 11 is 0. The Hall–Kier alpha value is -2.24. The third kappa shape index (κ3) is 3.75. The van der Waals surface area contributed by atoms with Crippen molar-refractivity contribution in [2.24, 2.45) is 0 Å². The molecule has 1 saturated heterocycles. The van der Waals surface area contributed by atoms with Crippen LogP contribution in [0.5, 0.6) is 5.75 Å². The molecule has 1 heterocycles. The van der Waals surface area contributed by atoms with Crippen molar-refractivity contribution >= 4 is 17.6 Å². The zero-order chi connectivity index (χ0) is 16.2. The summed E-state index contributed by atoms with van der Waals surface area (Å²) < 4.78 is 5.20. The molecule has 0 aromatic heterocycles. The monoisotopic (exact) mass is 317 g/mol. The number of hydrogen-bond acceptors (Lipinski definition) is 3. The maximum absolute atomic E-state index is 12.2. The zero-order valence-corrected chi connectivity index (χ0v) is 13.4. The fourth-order valence-electron chi connectivity index (χ4n) is 3.31. The van der Waals surface area contributed by atoms with Crippen LogP contribution in [0.15, 0.2) is 24.3 Å². The summed E-state index contributed by atoms with van der Waals surface area (Å²) in [5.41, 5.74) is 0.801. The van der Waals surface area contributed by atoms with Gasteiger partial charge in [0.1, 0.15) is 5.75 Å². The molecule has 0 radical (unpaired) electrons. The Morgan fingerprint density at radius 3 is 2.70 bits per heavy atom. The lowest BCUT2D eigenvalue weighted by Crippen LogP contribution is -2.46. The van der Waals surface area contributed by atoms with Crippen LogP contribution in [0, 0.1) is 0 Å². The minimum absolute atomic E-state index is 0.0180. The van der Waals surface area contributed by atoms with Crippen LogP contribution < -0.4 is 20.3 Å². The summed E-state index contributed by atoms with van der Waals surface area (Å²) in [5, 5.41) is 5.91. The van der Waals surface area contributed by atoms with Crippen molar-refractivity contribution in [2.75, 3.05) is 18.6 Å². The number of hydrogen-bond donors (Lipinski definition) is 2. The Balaban J connectivity index is 1.57. The molecule has 1 aromatic rings. The average Bonchev–Trinajstić information content (AvgIpc) is 3.17. The van der Waals surface area contributed by atoms with Gasteiger partial charge in [-0.2, -0.15) is 0 Å². The minimum Gasteiger partial charge on any atom is -0.497 e. The van der Waals surface area contributed by atoms with Crippen molar-refractivity contribution in [1.29, 1.82) is 0 Å². The fourth-order valence-corrected chi connectivity index (χ4v) is 3.31. The molecule has 23 heavy (non-hydrogen) atoms. The Labute approximate surface area is 136 Å². The second-order valence-electron chi connectivity index (χ2n) is 6.21. The molecule has 3 rings (SSSR count). The first-order chi connectivity index (χ1) is 11.2. The fraction of sp³-hybridized carbons (Fsp3) is 0.529. The molecule has 1 aromatic carbocycles.